The van der Waals surface area contributed by atoms with Crippen LogP contribution in [0.1, 0.15) is 36.7 Å². The maximum Gasteiger partial charge on any atom is 0.275 e. The Hall–Kier alpha value is -2.21. The molecule has 0 bridgehead atoms. The molecule has 0 saturated carbocycles. The van der Waals surface area contributed by atoms with Crippen LogP contribution in [-0.2, 0) is 6.42 Å². The molecule has 114 valence electrons. The normalized spacial score (nSPS) is 12.5. The molecule has 2 aromatic heterocycles. The minimum Gasteiger partial charge on any atom is -0.354 e. The van der Waals surface area contributed by atoms with Crippen molar-refractivity contribution in [2.75, 3.05) is 5.32 Å². The van der Waals surface area contributed by atoms with Crippen LogP contribution >= 0.6 is 11.3 Å². The summed E-state index contributed by atoms with van der Waals surface area (Å²) in [6, 6.07) is 10.1. The van der Waals surface area contributed by atoms with Crippen LogP contribution in [0.25, 0.3) is 4.96 Å². The van der Waals surface area contributed by atoms with Gasteiger partial charge in [-0.15, -0.1) is 5.10 Å². The molecular weight excluding hydrogens is 296 g/mol. The number of nitrogens with one attached hydrogen (secondary N) is 1. The Morgan fingerprint density at radius 1 is 1.32 bits per heavy atom. The van der Waals surface area contributed by atoms with Crippen molar-refractivity contribution >= 4 is 21.4 Å². The summed E-state index contributed by atoms with van der Waals surface area (Å²) < 4.78 is 1.34. The van der Waals surface area contributed by atoms with Gasteiger partial charge in [-0.3, -0.25) is 4.79 Å². The van der Waals surface area contributed by atoms with Gasteiger partial charge in [-0.1, -0.05) is 42.5 Å². The number of aryl methyl sites for hydroxylation is 2. The zero-order valence-electron chi connectivity index (χ0n) is 12.8. The lowest BCUT2D eigenvalue weighted by molar-refractivity contribution is 0.844. The van der Waals surface area contributed by atoms with Crippen LogP contribution in [0.5, 0.6) is 0 Å². The Morgan fingerprint density at radius 3 is 2.73 bits per heavy atom. The Labute approximate surface area is 132 Å². The van der Waals surface area contributed by atoms with E-state index in [9.17, 15) is 4.79 Å². The number of benzene rings is 1. The Kier molecular flexibility index (Phi) is 3.94. The van der Waals surface area contributed by atoms with E-state index >= 15 is 0 Å². The average Bonchev–Trinajstić information content (AvgIpc) is 2.90. The van der Waals surface area contributed by atoms with Crippen LogP contribution in [-0.4, -0.2) is 14.6 Å². The van der Waals surface area contributed by atoms with Crippen LogP contribution in [0.3, 0.4) is 0 Å². The van der Waals surface area contributed by atoms with Gasteiger partial charge in [0.25, 0.3) is 5.56 Å². The lowest BCUT2D eigenvalue weighted by Crippen LogP contribution is -2.14. The molecule has 3 aromatic rings. The molecule has 0 spiro atoms. The van der Waals surface area contributed by atoms with Crippen molar-refractivity contribution in [1.82, 2.24) is 14.6 Å². The standard InChI is InChI=1S/C16H18N4OS/c1-4-12-5-7-13(8-6-12)11(3)18-15-19-20-14(21)9-10(2)17-16(20)22-15/h5-9,11H,4H2,1-3H3,(H,18,19). The average molecular weight is 314 g/mol. The van der Waals surface area contributed by atoms with Crippen LogP contribution in [0.4, 0.5) is 5.13 Å². The second kappa shape index (κ2) is 5.88. The summed E-state index contributed by atoms with van der Waals surface area (Å²) >= 11 is 1.39. The second-order valence-corrected chi connectivity index (χ2v) is 6.25. The highest BCUT2D eigenvalue weighted by Gasteiger charge is 2.11. The molecule has 5 nitrogen and oxygen atoms in total. The summed E-state index contributed by atoms with van der Waals surface area (Å²) in [6.07, 6.45) is 1.04. The van der Waals surface area contributed by atoms with Crippen LogP contribution < -0.4 is 10.9 Å². The number of nitrogens with zero attached hydrogens (tertiary/aromatic N) is 3. The number of anilines is 1. The molecule has 0 aliphatic rings. The van der Waals surface area contributed by atoms with Gasteiger partial charge in [-0.05, 0) is 31.4 Å². The first-order valence-corrected chi connectivity index (χ1v) is 8.11. The largest absolute Gasteiger partial charge is 0.354 e. The lowest BCUT2D eigenvalue weighted by atomic mass is 10.1. The monoisotopic (exact) mass is 314 g/mol. The van der Waals surface area contributed by atoms with E-state index < -0.39 is 0 Å². The quantitative estimate of drug-likeness (QED) is 0.803. The van der Waals surface area contributed by atoms with Gasteiger partial charge in [-0.2, -0.15) is 4.52 Å². The van der Waals surface area contributed by atoms with Crippen molar-refractivity contribution < 1.29 is 0 Å². The van der Waals surface area contributed by atoms with Gasteiger partial charge in [-0.25, -0.2) is 4.98 Å². The van der Waals surface area contributed by atoms with E-state index in [1.54, 1.807) is 0 Å². The van der Waals surface area contributed by atoms with Crippen molar-refractivity contribution in [3.63, 3.8) is 0 Å². The minimum absolute atomic E-state index is 0.114. The smallest absolute Gasteiger partial charge is 0.275 e. The van der Waals surface area contributed by atoms with Crippen LogP contribution in [0.15, 0.2) is 35.1 Å². The van der Waals surface area contributed by atoms with E-state index in [0.717, 1.165) is 6.42 Å². The molecule has 2 heterocycles. The van der Waals surface area contributed by atoms with Gasteiger partial charge in [0.2, 0.25) is 10.1 Å². The molecule has 1 aromatic carbocycles. The molecule has 1 unspecified atom stereocenters. The molecular formula is C16H18N4OS. The molecule has 1 atom stereocenters. The summed E-state index contributed by atoms with van der Waals surface area (Å²) in [5.41, 5.74) is 3.07. The first kappa shape index (κ1) is 14.7. The molecule has 0 aliphatic carbocycles. The third-order valence-corrected chi connectivity index (χ3v) is 4.44. The SMILES string of the molecule is CCc1ccc(C(C)Nc2nn3c(=O)cc(C)nc3s2)cc1. The summed E-state index contributed by atoms with van der Waals surface area (Å²) in [5.74, 6) is 0. The molecule has 0 saturated heterocycles. The highest BCUT2D eigenvalue weighted by Crippen LogP contribution is 2.23. The van der Waals surface area contributed by atoms with Crippen molar-refractivity contribution in [2.24, 2.45) is 0 Å². The minimum atomic E-state index is -0.147. The fraction of sp³-hybridized carbons (Fsp3) is 0.312. The number of rotatable bonds is 4. The van der Waals surface area contributed by atoms with Gasteiger partial charge in [0.15, 0.2) is 0 Å². The van der Waals surface area contributed by atoms with Crippen molar-refractivity contribution in [2.45, 2.75) is 33.2 Å². The van der Waals surface area contributed by atoms with E-state index in [4.69, 9.17) is 0 Å². The van der Waals surface area contributed by atoms with Gasteiger partial charge in [0.1, 0.15) is 0 Å². The second-order valence-electron chi connectivity index (χ2n) is 5.30. The third-order valence-electron chi connectivity index (χ3n) is 3.60. The highest BCUT2D eigenvalue weighted by molar-refractivity contribution is 7.20. The molecule has 6 heteroatoms. The zero-order chi connectivity index (χ0) is 15.7. The first-order chi connectivity index (χ1) is 10.6. The Balaban J connectivity index is 1.85. The molecule has 22 heavy (non-hydrogen) atoms. The van der Waals surface area contributed by atoms with Crippen molar-refractivity contribution in [3.05, 3.63) is 57.5 Å². The van der Waals surface area contributed by atoms with Gasteiger partial charge in [0, 0.05) is 11.8 Å². The Bertz CT molecular complexity index is 851. The molecule has 0 radical (unpaired) electrons. The molecule has 0 amide bonds. The number of aromatic nitrogens is 3. The molecule has 0 aliphatic heterocycles. The molecule has 0 fully saturated rings. The maximum atomic E-state index is 11.9. The maximum absolute atomic E-state index is 11.9. The Morgan fingerprint density at radius 2 is 2.05 bits per heavy atom. The zero-order valence-corrected chi connectivity index (χ0v) is 13.6. The topological polar surface area (TPSA) is 59.3 Å². The van der Waals surface area contributed by atoms with E-state index in [2.05, 4.69) is 53.5 Å². The van der Waals surface area contributed by atoms with Crippen LogP contribution in [0.2, 0.25) is 0 Å². The van der Waals surface area contributed by atoms with Crippen LogP contribution in [0, 0.1) is 6.92 Å². The summed E-state index contributed by atoms with van der Waals surface area (Å²) in [4.78, 5) is 16.8. The van der Waals surface area contributed by atoms with Gasteiger partial charge < -0.3 is 5.32 Å². The lowest BCUT2D eigenvalue weighted by Gasteiger charge is -2.13. The number of hydrogen-bond donors (Lipinski definition) is 1. The summed E-state index contributed by atoms with van der Waals surface area (Å²) in [6.45, 7) is 6.03. The number of hydrogen-bond acceptors (Lipinski definition) is 5. The van der Waals surface area contributed by atoms with Gasteiger partial charge >= 0.3 is 0 Å². The predicted molar refractivity (Wildman–Crippen MR) is 89.7 cm³/mol. The fourth-order valence-corrected chi connectivity index (χ4v) is 3.23. The third kappa shape index (κ3) is 2.87. The van der Waals surface area contributed by atoms with E-state index in [0.29, 0.717) is 15.8 Å². The summed E-state index contributed by atoms with van der Waals surface area (Å²) in [7, 11) is 0. The summed E-state index contributed by atoms with van der Waals surface area (Å²) in [5, 5.41) is 8.34. The first-order valence-electron chi connectivity index (χ1n) is 7.29. The van der Waals surface area contributed by atoms with Gasteiger partial charge in [0.05, 0.1) is 6.04 Å². The van der Waals surface area contributed by atoms with Crippen molar-refractivity contribution in [3.8, 4) is 0 Å². The number of fused-ring (bicyclic) bond motifs is 1. The van der Waals surface area contributed by atoms with E-state index in [1.807, 2.05) is 6.92 Å². The molecule has 3 rings (SSSR count). The fourth-order valence-electron chi connectivity index (χ4n) is 2.29. The highest BCUT2D eigenvalue weighted by atomic mass is 32.1. The van der Waals surface area contributed by atoms with Crippen molar-refractivity contribution in [1.29, 1.82) is 0 Å². The molecule has 1 N–H and O–H groups in total. The van der Waals surface area contributed by atoms with E-state index in [-0.39, 0.29) is 11.6 Å². The van der Waals surface area contributed by atoms with E-state index in [1.165, 1.54) is 33.0 Å². The predicted octanol–water partition coefficient (Wildman–Crippen LogP) is 3.19.